The highest BCUT2D eigenvalue weighted by Gasteiger charge is 2.31. The van der Waals surface area contributed by atoms with Crippen LogP contribution in [-0.2, 0) is 4.79 Å². The van der Waals surface area contributed by atoms with Gasteiger partial charge in [-0.1, -0.05) is 29.8 Å². The Bertz CT molecular complexity index is 1400. The molecular formula is C25H21ClN4O4. The van der Waals surface area contributed by atoms with Crippen LogP contribution in [-0.4, -0.2) is 33.5 Å². The molecule has 1 heterocycles. The predicted molar refractivity (Wildman–Crippen MR) is 133 cm³/mol. The minimum Gasteiger partial charge on any atom is -0.505 e. The van der Waals surface area contributed by atoms with Crippen LogP contribution in [0.5, 0.6) is 5.75 Å². The van der Waals surface area contributed by atoms with Gasteiger partial charge in [-0.25, -0.2) is 4.79 Å². The molecule has 34 heavy (non-hydrogen) atoms. The van der Waals surface area contributed by atoms with Crippen LogP contribution >= 0.6 is 11.6 Å². The number of nitrogens with zero attached hydrogens (tertiary/aromatic N) is 3. The van der Waals surface area contributed by atoms with Crippen LogP contribution in [0.1, 0.15) is 28.4 Å². The highest BCUT2D eigenvalue weighted by atomic mass is 35.5. The van der Waals surface area contributed by atoms with Gasteiger partial charge in [-0.3, -0.25) is 10.2 Å². The molecule has 1 aliphatic heterocycles. The minimum atomic E-state index is -1.13. The number of hydrogen-bond acceptors (Lipinski definition) is 6. The SMILES string of the molecule is CC1=NN(c2ccc(C)c(C)c2)C(=O)C1=NNc1cccc(-c2cc(Cl)cc(C(=O)O)c2)c1O. The first-order chi connectivity index (χ1) is 16.2. The van der Waals surface area contributed by atoms with E-state index in [9.17, 15) is 19.8 Å². The number of aromatic hydroxyl groups is 1. The number of para-hydroxylation sites is 1. The van der Waals surface area contributed by atoms with Crippen molar-refractivity contribution in [1.82, 2.24) is 0 Å². The molecule has 9 heteroatoms. The van der Waals surface area contributed by atoms with Crippen molar-refractivity contribution in [3.8, 4) is 16.9 Å². The van der Waals surface area contributed by atoms with E-state index in [-0.39, 0.29) is 27.7 Å². The van der Waals surface area contributed by atoms with Crippen molar-refractivity contribution in [1.29, 1.82) is 0 Å². The van der Waals surface area contributed by atoms with Gasteiger partial charge in [0.25, 0.3) is 0 Å². The van der Waals surface area contributed by atoms with E-state index in [2.05, 4.69) is 15.6 Å². The molecule has 3 N–H and O–H groups in total. The van der Waals surface area contributed by atoms with E-state index in [1.54, 1.807) is 31.2 Å². The van der Waals surface area contributed by atoms with E-state index in [4.69, 9.17) is 11.6 Å². The zero-order valence-electron chi connectivity index (χ0n) is 18.6. The first-order valence-corrected chi connectivity index (χ1v) is 10.7. The van der Waals surface area contributed by atoms with E-state index in [1.165, 1.54) is 17.1 Å². The van der Waals surface area contributed by atoms with Crippen molar-refractivity contribution in [2.45, 2.75) is 20.8 Å². The highest BCUT2D eigenvalue weighted by Crippen LogP contribution is 2.37. The number of nitrogens with one attached hydrogen (secondary N) is 1. The molecule has 0 saturated carbocycles. The molecule has 172 valence electrons. The van der Waals surface area contributed by atoms with Crippen molar-refractivity contribution < 1.29 is 19.8 Å². The molecule has 1 amide bonds. The first kappa shape index (κ1) is 23.0. The molecule has 0 atom stereocenters. The van der Waals surface area contributed by atoms with Crippen LogP contribution in [0, 0.1) is 13.8 Å². The summed E-state index contributed by atoms with van der Waals surface area (Å²) in [6.07, 6.45) is 0. The third kappa shape index (κ3) is 4.35. The zero-order chi connectivity index (χ0) is 24.6. The number of halogens is 1. The molecule has 0 fully saturated rings. The number of aryl methyl sites for hydroxylation is 2. The van der Waals surface area contributed by atoms with Crippen LogP contribution in [0.3, 0.4) is 0 Å². The Morgan fingerprint density at radius 3 is 2.53 bits per heavy atom. The molecule has 0 radical (unpaired) electrons. The van der Waals surface area contributed by atoms with Crippen molar-refractivity contribution >= 4 is 46.3 Å². The average molecular weight is 477 g/mol. The number of phenols is 1. The van der Waals surface area contributed by atoms with Gasteiger partial charge in [0.1, 0.15) is 5.75 Å². The van der Waals surface area contributed by atoms with E-state index in [0.717, 1.165) is 11.1 Å². The Balaban J connectivity index is 1.63. The number of carbonyl (C=O) groups excluding carboxylic acids is 1. The van der Waals surface area contributed by atoms with Gasteiger partial charge < -0.3 is 10.2 Å². The van der Waals surface area contributed by atoms with Gasteiger partial charge in [0.2, 0.25) is 0 Å². The molecule has 0 saturated heterocycles. The summed E-state index contributed by atoms with van der Waals surface area (Å²) in [5.41, 5.74) is 7.05. The molecule has 4 rings (SSSR count). The van der Waals surface area contributed by atoms with Crippen molar-refractivity contribution in [3.63, 3.8) is 0 Å². The second kappa shape index (κ2) is 8.99. The van der Waals surface area contributed by atoms with Gasteiger partial charge in [-0.15, -0.1) is 0 Å². The van der Waals surface area contributed by atoms with Gasteiger partial charge in [0, 0.05) is 10.6 Å². The van der Waals surface area contributed by atoms with Crippen LogP contribution in [0.15, 0.2) is 64.8 Å². The molecule has 3 aromatic carbocycles. The second-order valence-corrected chi connectivity index (χ2v) is 8.32. The third-order valence-corrected chi connectivity index (χ3v) is 5.72. The number of rotatable bonds is 5. The number of amides is 1. The normalized spacial score (nSPS) is 14.5. The maximum atomic E-state index is 13.0. The smallest absolute Gasteiger partial charge is 0.335 e. The number of hydrogen-bond donors (Lipinski definition) is 3. The van der Waals surface area contributed by atoms with E-state index in [0.29, 0.717) is 22.5 Å². The van der Waals surface area contributed by atoms with Crippen molar-refractivity contribution in [2.24, 2.45) is 10.2 Å². The maximum absolute atomic E-state index is 13.0. The molecule has 1 aliphatic rings. The molecule has 0 aliphatic carbocycles. The predicted octanol–water partition coefficient (Wildman–Crippen LogP) is 5.22. The van der Waals surface area contributed by atoms with E-state index < -0.39 is 11.9 Å². The Labute approximate surface area is 200 Å². The Morgan fingerprint density at radius 1 is 1.06 bits per heavy atom. The number of carboxylic acids is 1. The average Bonchev–Trinajstić information content (AvgIpc) is 3.07. The Morgan fingerprint density at radius 2 is 1.82 bits per heavy atom. The summed E-state index contributed by atoms with van der Waals surface area (Å²) in [6, 6.07) is 14.8. The maximum Gasteiger partial charge on any atom is 0.335 e. The number of hydrazone groups is 2. The fourth-order valence-corrected chi connectivity index (χ4v) is 3.75. The lowest BCUT2D eigenvalue weighted by molar-refractivity contribution is -0.112. The molecule has 0 aromatic heterocycles. The van der Waals surface area contributed by atoms with Crippen LogP contribution < -0.4 is 10.4 Å². The Hall–Kier alpha value is -4.17. The second-order valence-electron chi connectivity index (χ2n) is 7.88. The lowest BCUT2D eigenvalue weighted by Crippen LogP contribution is -2.28. The highest BCUT2D eigenvalue weighted by molar-refractivity contribution is 6.71. The molecule has 3 aromatic rings. The molecule has 0 spiro atoms. The lowest BCUT2D eigenvalue weighted by Gasteiger charge is -2.13. The molecule has 0 bridgehead atoms. The van der Waals surface area contributed by atoms with Gasteiger partial charge in [0.15, 0.2) is 5.71 Å². The largest absolute Gasteiger partial charge is 0.505 e. The van der Waals surface area contributed by atoms with Crippen LogP contribution in [0.25, 0.3) is 11.1 Å². The zero-order valence-corrected chi connectivity index (χ0v) is 19.4. The van der Waals surface area contributed by atoms with Crippen molar-refractivity contribution in [2.75, 3.05) is 10.4 Å². The number of carbonyl (C=O) groups is 2. The first-order valence-electron chi connectivity index (χ1n) is 10.3. The van der Waals surface area contributed by atoms with Crippen molar-refractivity contribution in [3.05, 3.63) is 76.3 Å². The van der Waals surface area contributed by atoms with Gasteiger partial charge in [-0.2, -0.15) is 15.2 Å². The number of benzene rings is 3. The summed E-state index contributed by atoms with van der Waals surface area (Å²) in [4.78, 5) is 24.3. The number of aromatic carboxylic acids is 1. The van der Waals surface area contributed by atoms with E-state index in [1.807, 2.05) is 32.0 Å². The lowest BCUT2D eigenvalue weighted by atomic mass is 10.0. The number of phenolic OH excluding ortho intramolecular Hbond substituents is 1. The van der Waals surface area contributed by atoms with Crippen LogP contribution in [0.2, 0.25) is 5.02 Å². The monoisotopic (exact) mass is 476 g/mol. The fraction of sp³-hybridized carbons (Fsp3) is 0.120. The minimum absolute atomic E-state index is 0.00433. The Kier molecular flexibility index (Phi) is 6.08. The number of anilines is 2. The summed E-state index contributed by atoms with van der Waals surface area (Å²) in [5, 5.41) is 30.1. The number of carboxylic acid groups (broad SMARTS) is 1. The topological polar surface area (TPSA) is 115 Å². The molecule has 0 unspecified atom stereocenters. The summed E-state index contributed by atoms with van der Waals surface area (Å²) < 4.78 is 0. The van der Waals surface area contributed by atoms with Gasteiger partial charge in [0.05, 0.1) is 22.6 Å². The van der Waals surface area contributed by atoms with Crippen LogP contribution in [0.4, 0.5) is 11.4 Å². The molecular weight excluding hydrogens is 456 g/mol. The summed E-state index contributed by atoms with van der Waals surface area (Å²) in [5.74, 6) is -1.70. The fourth-order valence-electron chi connectivity index (χ4n) is 3.51. The van der Waals surface area contributed by atoms with Gasteiger partial charge >= 0.3 is 11.9 Å². The van der Waals surface area contributed by atoms with E-state index >= 15 is 0 Å². The summed E-state index contributed by atoms with van der Waals surface area (Å²) >= 11 is 6.06. The quantitative estimate of drug-likeness (QED) is 0.345. The summed E-state index contributed by atoms with van der Waals surface area (Å²) in [6.45, 7) is 5.62. The summed E-state index contributed by atoms with van der Waals surface area (Å²) in [7, 11) is 0. The van der Waals surface area contributed by atoms with Gasteiger partial charge in [-0.05, 0) is 73.9 Å². The molecule has 8 nitrogen and oxygen atoms in total. The third-order valence-electron chi connectivity index (χ3n) is 5.50. The standard InChI is InChI=1S/C25H21ClN4O4/c1-13-7-8-19(9-14(13)2)30-24(32)22(15(3)29-30)28-27-21-6-4-5-20(23(21)31)16-10-17(25(33)34)12-18(26)11-16/h4-12,27,31H,1-3H3,(H,33,34).